The lowest BCUT2D eigenvalue weighted by molar-refractivity contribution is -0.388. The maximum absolute atomic E-state index is 14.0. The molecule has 180 valence electrons. The van der Waals surface area contributed by atoms with E-state index >= 15 is 0 Å². The molecule has 36 heavy (non-hydrogen) atoms. The van der Waals surface area contributed by atoms with Crippen LogP contribution in [-0.2, 0) is 11.3 Å². The number of fused-ring (bicyclic) bond motifs is 6. The van der Waals surface area contributed by atoms with E-state index in [4.69, 9.17) is 4.74 Å². The topological polar surface area (TPSA) is 123 Å². The molecule has 1 aliphatic heterocycles. The van der Waals surface area contributed by atoms with E-state index in [1.165, 1.54) is 18.2 Å². The lowest BCUT2D eigenvalue weighted by Crippen LogP contribution is -2.60. The first-order valence-electron chi connectivity index (χ1n) is 11.4. The molecule has 1 aliphatic carbocycles. The van der Waals surface area contributed by atoms with Crippen LogP contribution in [0.3, 0.4) is 0 Å². The van der Waals surface area contributed by atoms with Gasteiger partial charge in [0.1, 0.15) is 11.3 Å². The van der Waals surface area contributed by atoms with Gasteiger partial charge < -0.3 is 19.6 Å². The number of amides is 1. The number of Topliss-reactive ketones (excluding diaryl/α,β-unsaturated/α-hetero) is 1. The van der Waals surface area contributed by atoms with E-state index in [0.29, 0.717) is 0 Å². The molecule has 0 bridgehead atoms. The molecule has 2 N–H and O–H groups in total. The molecule has 0 spiro atoms. The van der Waals surface area contributed by atoms with Gasteiger partial charge in [-0.25, -0.2) is 0 Å². The Morgan fingerprint density at radius 2 is 1.94 bits per heavy atom. The van der Waals surface area contributed by atoms with Crippen molar-refractivity contribution in [3.05, 3.63) is 111 Å². The molecule has 0 saturated carbocycles. The summed E-state index contributed by atoms with van der Waals surface area (Å²) in [4.78, 5) is 38.8. The van der Waals surface area contributed by atoms with Crippen molar-refractivity contribution in [2.45, 2.75) is 31.1 Å². The molecule has 4 aromatic rings. The molecule has 0 saturated heterocycles. The first-order valence-corrected chi connectivity index (χ1v) is 11.4. The Balaban J connectivity index is 1.57. The molecular formula is C27H21N3O6. The highest BCUT2D eigenvalue weighted by Crippen LogP contribution is 2.60. The third-order valence-electron chi connectivity index (χ3n) is 7.07. The lowest BCUT2D eigenvalue weighted by Gasteiger charge is -2.34. The predicted molar refractivity (Wildman–Crippen MR) is 129 cm³/mol. The Bertz CT molecular complexity index is 1590. The van der Waals surface area contributed by atoms with E-state index in [1.807, 2.05) is 32.0 Å². The van der Waals surface area contributed by atoms with Crippen LogP contribution in [0, 0.1) is 10.1 Å². The minimum absolute atomic E-state index is 0.0763. The summed E-state index contributed by atoms with van der Waals surface area (Å²) >= 11 is 0. The number of aliphatic hydroxyl groups is 1. The van der Waals surface area contributed by atoms with Gasteiger partial charge in [0.2, 0.25) is 11.3 Å². The van der Waals surface area contributed by atoms with E-state index in [1.54, 1.807) is 41.1 Å². The number of nitrogens with one attached hydrogen (secondary N) is 1. The number of hydrogen-bond donors (Lipinski definition) is 2. The second-order valence-corrected chi connectivity index (χ2v) is 9.41. The van der Waals surface area contributed by atoms with Crippen molar-refractivity contribution in [3.63, 3.8) is 0 Å². The van der Waals surface area contributed by atoms with Crippen molar-refractivity contribution in [2.24, 2.45) is 0 Å². The molecule has 9 nitrogen and oxygen atoms in total. The van der Waals surface area contributed by atoms with Crippen LogP contribution in [0.5, 0.6) is 5.75 Å². The van der Waals surface area contributed by atoms with E-state index in [9.17, 15) is 24.8 Å². The lowest BCUT2D eigenvalue weighted by atomic mass is 9.82. The summed E-state index contributed by atoms with van der Waals surface area (Å²) in [6.07, 6.45) is 3.38. The number of aromatic nitrogens is 1. The fourth-order valence-electron chi connectivity index (χ4n) is 5.30. The van der Waals surface area contributed by atoms with E-state index < -0.39 is 33.6 Å². The van der Waals surface area contributed by atoms with E-state index in [2.05, 4.69) is 5.32 Å². The molecule has 2 aromatic carbocycles. The Morgan fingerprint density at radius 1 is 1.14 bits per heavy atom. The molecule has 0 fully saturated rings. The van der Waals surface area contributed by atoms with Gasteiger partial charge in [0.25, 0.3) is 17.4 Å². The summed E-state index contributed by atoms with van der Waals surface area (Å²) < 4.78 is 7.76. The van der Waals surface area contributed by atoms with Crippen LogP contribution < -0.4 is 10.1 Å². The van der Waals surface area contributed by atoms with Gasteiger partial charge in [-0.3, -0.25) is 19.7 Å². The van der Waals surface area contributed by atoms with Crippen molar-refractivity contribution >= 4 is 22.9 Å². The molecule has 9 heteroatoms. The second kappa shape index (κ2) is 7.25. The van der Waals surface area contributed by atoms with Gasteiger partial charge in [0.15, 0.2) is 0 Å². The smallest absolute Gasteiger partial charge is 0.280 e. The molecule has 6 rings (SSSR count). The zero-order valence-corrected chi connectivity index (χ0v) is 19.4. The maximum Gasteiger partial charge on any atom is 0.280 e. The van der Waals surface area contributed by atoms with Crippen LogP contribution in [0.1, 0.15) is 57.2 Å². The van der Waals surface area contributed by atoms with Crippen molar-refractivity contribution in [2.75, 3.05) is 0 Å². The number of hydrogen-bond acceptors (Lipinski definition) is 6. The van der Waals surface area contributed by atoms with Crippen molar-refractivity contribution in [1.82, 2.24) is 9.72 Å². The number of ketones is 1. The number of nitrogens with zero attached hydrogens (tertiary/aromatic N) is 2. The SMILES string of the molecule is CC(C)c1ccc2c(c1)OC1(O)c3c(cccc3[N+](=O)[O-])C(=O)C21NC(=O)c1cc2ccccn2c1. The van der Waals surface area contributed by atoms with Crippen LogP contribution in [-0.4, -0.2) is 26.1 Å². The molecule has 1 amide bonds. The number of ether oxygens (including phenoxy) is 1. The second-order valence-electron chi connectivity index (χ2n) is 9.41. The number of nitro groups is 1. The Labute approximate surface area is 205 Å². The summed E-state index contributed by atoms with van der Waals surface area (Å²) in [7, 11) is 0. The van der Waals surface area contributed by atoms with Crippen LogP contribution in [0.2, 0.25) is 0 Å². The molecule has 2 atom stereocenters. The number of benzene rings is 2. The van der Waals surface area contributed by atoms with Gasteiger partial charge in [0, 0.05) is 35.1 Å². The zero-order chi connectivity index (χ0) is 25.4. The largest absolute Gasteiger partial charge is 0.454 e. The Hall–Kier alpha value is -4.50. The molecule has 3 heterocycles. The highest BCUT2D eigenvalue weighted by molar-refractivity contribution is 6.14. The highest BCUT2D eigenvalue weighted by Gasteiger charge is 2.73. The number of pyridine rings is 1. The minimum atomic E-state index is -2.52. The molecule has 2 aromatic heterocycles. The third kappa shape index (κ3) is 2.68. The van der Waals surface area contributed by atoms with Gasteiger partial charge >= 0.3 is 0 Å². The number of carbonyl (C=O) groups excluding carboxylic acids is 2. The minimum Gasteiger partial charge on any atom is -0.454 e. The average molecular weight is 483 g/mol. The normalized spacial score (nSPS) is 21.7. The fraction of sp³-hybridized carbons (Fsp3) is 0.185. The van der Waals surface area contributed by atoms with Crippen LogP contribution in [0.15, 0.2) is 73.1 Å². The quantitative estimate of drug-likeness (QED) is 0.334. The van der Waals surface area contributed by atoms with E-state index in [0.717, 1.165) is 11.1 Å². The third-order valence-corrected chi connectivity index (χ3v) is 7.07. The average Bonchev–Trinajstić information content (AvgIpc) is 3.45. The first kappa shape index (κ1) is 22.0. The van der Waals surface area contributed by atoms with Crippen LogP contribution >= 0.6 is 0 Å². The standard InChI is InChI=1S/C27H21N3O6/c1-15(2)16-9-10-20-22(13-16)36-27(33)23-19(7-5-8-21(23)30(34)35)24(31)26(20,27)28-25(32)17-12-18-6-3-4-11-29(18)14-17/h3-15,33H,1-2H3,(H,28,32). The molecular weight excluding hydrogens is 462 g/mol. The summed E-state index contributed by atoms with van der Waals surface area (Å²) in [6, 6.07) is 16.2. The summed E-state index contributed by atoms with van der Waals surface area (Å²) in [5, 5.41) is 26.7. The van der Waals surface area contributed by atoms with Gasteiger partial charge in [0.05, 0.1) is 10.5 Å². The monoisotopic (exact) mass is 483 g/mol. The predicted octanol–water partition coefficient (Wildman–Crippen LogP) is 4.03. The van der Waals surface area contributed by atoms with Crippen molar-refractivity contribution < 1.29 is 24.4 Å². The number of rotatable bonds is 4. The van der Waals surface area contributed by atoms with Crippen molar-refractivity contribution in [1.29, 1.82) is 0 Å². The van der Waals surface area contributed by atoms with Crippen LogP contribution in [0.25, 0.3) is 5.52 Å². The number of carbonyl (C=O) groups is 2. The molecule has 0 radical (unpaired) electrons. The van der Waals surface area contributed by atoms with Crippen molar-refractivity contribution in [3.8, 4) is 5.75 Å². The summed E-state index contributed by atoms with van der Waals surface area (Å²) in [5.74, 6) is -3.54. The Kier molecular flexibility index (Phi) is 4.43. The fourth-order valence-corrected chi connectivity index (χ4v) is 5.30. The van der Waals surface area contributed by atoms with E-state index in [-0.39, 0.29) is 33.9 Å². The summed E-state index contributed by atoms with van der Waals surface area (Å²) in [6.45, 7) is 3.96. The molecule has 2 unspecified atom stereocenters. The zero-order valence-electron chi connectivity index (χ0n) is 19.4. The maximum atomic E-state index is 14.0. The number of nitro benzene ring substituents is 1. The van der Waals surface area contributed by atoms with Gasteiger partial charge in [-0.1, -0.05) is 44.2 Å². The first-order chi connectivity index (χ1) is 17.2. The van der Waals surface area contributed by atoms with Crippen LogP contribution in [0.4, 0.5) is 5.69 Å². The van der Waals surface area contributed by atoms with Gasteiger partial charge in [-0.15, -0.1) is 0 Å². The van der Waals surface area contributed by atoms with Gasteiger partial charge in [-0.2, -0.15) is 0 Å². The summed E-state index contributed by atoms with van der Waals surface area (Å²) in [5.41, 5.74) is -0.796. The molecule has 2 aliphatic rings. The van der Waals surface area contributed by atoms with Gasteiger partial charge in [-0.05, 0) is 35.7 Å². The Morgan fingerprint density at radius 3 is 2.67 bits per heavy atom. The highest BCUT2D eigenvalue weighted by atomic mass is 16.6.